The molecule has 1 fully saturated rings. The van der Waals surface area contributed by atoms with Gasteiger partial charge in [-0.15, -0.1) is 0 Å². The van der Waals surface area contributed by atoms with Crippen LogP contribution in [-0.4, -0.2) is 46.5 Å². The van der Waals surface area contributed by atoms with Crippen LogP contribution in [0.25, 0.3) is 0 Å². The summed E-state index contributed by atoms with van der Waals surface area (Å²) in [6, 6.07) is 3.22. The highest BCUT2D eigenvalue weighted by atomic mass is 16.4. The van der Waals surface area contributed by atoms with Crippen LogP contribution in [0.15, 0.2) is 18.3 Å². The fourth-order valence-corrected chi connectivity index (χ4v) is 1.88. The first-order valence-electron chi connectivity index (χ1n) is 5.82. The van der Waals surface area contributed by atoms with Gasteiger partial charge in [0.1, 0.15) is 0 Å². The minimum absolute atomic E-state index is 0.0228. The molecule has 0 radical (unpaired) electrons. The second-order valence-corrected chi connectivity index (χ2v) is 4.26. The average Bonchev–Trinajstić information content (AvgIpc) is 2.54. The average molecular weight is 249 g/mol. The number of carboxylic acid groups (broad SMARTS) is 1. The molecular formula is C12H15N3O3. The topological polar surface area (TPSA) is 82.5 Å². The van der Waals surface area contributed by atoms with Crippen LogP contribution < -0.4 is 5.32 Å². The number of aromatic nitrogens is 1. The molecule has 2 heterocycles. The van der Waals surface area contributed by atoms with Crippen LogP contribution in [0.4, 0.5) is 0 Å². The second kappa shape index (κ2) is 5.59. The Bertz CT molecular complexity index is 444. The van der Waals surface area contributed by atoms with E-state index in [1.807, 2.05) is 4.90 Å². The smallest absolute Gasteiger partial charge is 0.337 e. The fourth-order valence-electron chi connectivity index (χ4n) is 1.88. The van der Waals surface area contributed by atoms with E-state index < -0.39 is 5.97 Å². The van der Waals surface area contributed by atoms with Crippen molar-refractivity contribution in [3.05, 3.63) is 29.6 Å². The van der Waals surface area contributed by atoms with Gasteiger partial charge in [-0.25, -0.2) is 4.79 Å². The second-order valence-electron chi connectivity index (χ2n) is 4.26. The minimum Gasteiger partial charge on any atom is -0.478 e. The highest BCUT2D eigenvalue weighted by molar-refractivity contribution is 5.87. The number of carbonyl (C=O) groups excluding carboxylic acids is 1. The molecule has 0 spiro atoms. The molecule has 2 N–H and O–H groups in total. The molecule has 0 aliphatic carbocycles. The van der Waals surface area contributed by atoms with Crippen LogP contribution in [0, 0.1) is 0 Å². The number of pyridine rings is 1. The lowest BCUT2D eigenvalue weighted by Crippen LogP contribution is -2.32. The van der Waals surface area contributed by atoms with E-state index in [4.69, 9.17) is 5.11 Å². The van der Waals surface area contributed by atoms with Gasteiger partial charge in [0, 0.05) is 25.8 Å². The van der Waals surface area contributed by atoms with Crippen molar-refractivity contribution >= 4 is 11.9 Å². The summed E-state index contributed by atoms with van der Waals surface area (Å²) in [5.41, 5.74) is 0.946. The van der Waals surface area contributed by atoms with Gasteiger partial charge in [-0.2, -0.15) is 0 Å². The molecule has 96 valence electrons. The van der Waals surface area contributed by atoms with Crippen LogP contribution >= 0.6 is 0 Å². The van der Waals surface area contributed by atoms with E-state index in [0.717, 1.165) is 18.7 Å². The first-order valence-corrected chi connectivity index (χ1v) is 5.82. The van der Waals surface area contributed by atoms with Gasteiger partial charge in [0.15, 0.2) is 0 Å². The molecular weight excluding hydrogens is 234 g/mol. The third-order valence-electron chi connectivity index (χ3n) is 2.80. The van der Waals surface area contributed by atoms with E-state index in [-0.39, 0.29) is 11.5 Å². The number of carbonyl (C=O) groups is 2. The monoisotopic (exact) mass is 249 g/mol. The molecule has 18 heavy (non-hydrogen) atoms. The Hall–Kier alpha value is -1.95. The number of nitrogens with zero attached hydrogens (tertiary/aromatic N) is 2. The maximum Gasteiger partial charge on any atom is 0.337 e. The van der Waals surface area contributed by atoms with Crippen molar-refractivity contribution in [2.24, 2.45) is 0 Å². The Labute approximate surface area is 105 Å². The number of carboxylic acids is 1. The minimum atomic E-state index is -0.983. The lowest BCUT2D eigenvalue weighted by atomic mass is 10.2. The standard InChI is InChI=1S/C12H15N3O3/c16-11-8-15(5-1-4-13-11)7-10-3-2-9(6-14-10)12(17)18/h2-3,6H,1,4-5,7-8H2,(H,13,16)(H,17,18). The van der Waals surface area contributed by atoms with E-state index >= 15 is 0 Å². The lowest BCUT2D eigenvalue weighted by Gasteiger charge is -2.17. The highest BCUT2D eigenvalue weighted by Gasteiger charge is 2.15. The molecule has 6 heteroatoms. The first-order chi connectivity index (χ1) is 8.65. The summed E-state index contributed by atoms with van der Waals surface area (Å²) in [6.07, 6.45) is 2.26. The van der Waals surface area contributed by atoms with E-state index in [9.17, 15) is 9.59 Å². The van der Waals surface area contributed by atoms with Crippen LogP contribution in [0.2, 0.25) is 0 Å². The summed E-state index contributed by atoms with van der Waals surface area (Å²) >= 11 is 0. The SMILES string of the molecule is O=C1CN(Cc2ccc(C(=O)O)cn2)CCCN1. The summed E-state index contributed by atoms with van der Waals surface area (Å²) in [7, 11) is 0. The predicted molar refractivity (Wildman–Crippen MR) is 64.1 cm³/mol. The molecule has 1 amide bonds. The van der Waals surface area contributed by atoms with Crippen LogP contribution in [0.5, 0.6) is 0 Å². The number of nitrogens with one attached hydrogen (secondary N) is 1. The van der Waals surface area contributed by atoms with Crippen LogP contribution in [0.1, 0.15) is 22.5 Å². The number of hydrogen-bond donors (Lipinski definition) is 2. The third-order valence-corrected chi connectivity index (χ3v) is 2.80. The summed E-state index contributed by atoms with van der Waals surface area (Å²) in [6.45, 7) is 2.47. The lowest BCUT2D eigenvalue weighted by molar-refractivity contribution is -0.121. The Morgan fingerprint density at radius 3 is 3.00 bits per heavy atom. The molecule has 1 aromatic heterocycles. The number of amides is 1. The van der Waals surface area contributed by atoms with Gasteiger partial charge in [0.25, 0.3) is 0 Å². The molecule has 1 saturated heterocycles. The maximum absolute atomic E-state index is 11.4. The summed E-state index contributed by atoms with van der Waals surface area (Å²) < 4.78 is 0. The number of rotatable bonds is 3. The van der Waals surface area contributed by atoms with Crippen molar-refractivity contribution < 1.29 is 14.7 Å². The van der Waals surface area contributed by atoms with E-state index in [1.165, 1.54) is 12.3 Å². The van der Waals surface area contributed by atoms with Gasteiger partial charge in [0.05, 0.1) is 17.8 Å². The molecule has 0 unspecified atom stereocenters. The number of aromatic carboxylic acids is 1. The molecule has 0 atom stereocenters. The van der Waals surface area contributed by atoms with Gasteiger partial charge in [0.2, 0.25) is 5.91 Å². The molecule has 6 nitrogen and oxygen atoms in total. The molecule has 1 aliphatic heterocycles. The largest absolute Gasteiger partial charge is 0.478 e. The van der Waals surface area contributed by atoms with Gasteiger partial charge >= 0.3 is 5.97 Å². The normalized spacial score (nSPS) is 17.0. The Morgan fingerprint density at radius 1 is 1.50 bits per heavy atom. The summed E-state index contributed by atoms with van der Waals surface area (Å²) in [5, 5.41) is 11.6. The van der Waals surface area contributed by atoms with Crippen molar-refractivity contribution in [1.29, 1.82) is 0 Å². The zero-order valence-corrected chi connectivity index (χ0v) is 9.93. The molecule has 1 aromatic rings. The zero-order chi connectivity index (χ0) is 13.0. The predicted octanol–water partition coefficient (Wildman–Crippen LogP) is 0.102. The van der Waals surface area contributed by atoms with Crippen LogP contribution in [-0.2, 0) is 11.3 Å². The van der Waals surface area contributed by atoms with Gasteiger partial charge in [-0.3, -0.25) is 14.7 Å². The fraction of sp³-hybridized carbons (Fsp3) is 0.417. The molecule has 0 bridgehead atoms. The number of hydrogen-bond acceptors (Lipinski definition) is 4. The van der Waals surface area contributed by atoms with E-state index in [1.54, 1.807) is 6.07 Å². The Balaban J connectivity index is 1.99. The summed E-state index contributed by atoms with van der Waals surface area (Å²) in [4.78, 5) is 28.2. The molecule has 0 aromatic carbocycles. The highest BCUT2D eigenvalue weighted by Crippen LogP contribution is 2.06. The van der Waals surface area contributed by atoms with E-state index in [2.05, 4.69) is 10.3 Å². The quantitative estimate of drug-likeness (QED) is 0.794. The summed E-state index contributed by atoms with van der Waals surface area (Å²) in [5.74, 6) is -0.960. The van der Waals surface area contributed by atoms with Gasteiger partial charge in [-0.05, 0) is 18.6 Å². The molecule has 2 rings (SSSR count). The molecule has 1 aliphatic rings. The first kappa shape index (κ1) is 12.5. The van der Waals surface area contributed by atoms with Crippen LogP contribution in [0.3, 0.4) is 0 Å². The maximum atomic E-state index is 11.4. The van der Waals surface area contributed by atoms with Gasteiger partial charge < -0.3 is 10.4 Å². The van der Waals surface area contributed by atoms with Crippen molar-refractivity contribution in [3.8, 4) is 0 Å². The third kappa shape index (κ3) is 3.27. The van der Waals surface area contributed by atoms with Crippen molar-refractivity contribution in [2.45, 2.75) is 13.0 Å². The van der Waals surface area contributed by atoms with E-state index in [0.29, 0.717) is 19.6 Å². The van der Waals surface area contributed by atoms with Crippen molar-refractivity contribution in [1.82, 2.24) is 15.2 Å². The molecule has 0 saturated carbocycles. The zero-order valence-electron chi connectivity index (χ0n) is 9.93. The van der Waals surface area contributed by atoms with Gasteiger partial charge in [-0.1, -0.05) is 0 Å². The van der Waals surface area contributed by atoms with Crippen molar-refractivity contribution in [3.63, 3.8) is 0 Å². The Morgan fingerprint density at radius 2 is 2.33 bits per heavy atom. The van der Waals surface area contributed by atoms with Crippen molar-refractivity contribution in [2.75, 3.05) is 19.6 Å². The Kier molecular flexibility index (Phi) is 3.88.